The molecule has 0 aliphatic rings. The van der Waals surface area contributed by atoms with Crippen LogP contribution in [0.15, 0.2) is 12.2 Å². The Kier molecular flexibility index (Phi) is 4.93. The van der Waals surface area contributed by atoms with Gasteiger partial charge in [0.15, 0.2) is 0 Å². The van der Waals surface area contributed by atoms with Crippen molar-refractivity contribution in [1.29, 1.82) is 5.26 Å². The molecular weight excluding hydrogens is 178 g/mol. The first kappa shape index (κ1) is 12.7. The SMILES string of the molecule is C=C(C#N)C(=O)OCC(C)(CC)CC. The van der Waals surface area contributed by atoms with Gasteiger partial charge in [-0.3, -0.25) is 0 Å². The standard InChI is InChI=1S/C11H17NO2/c1-5-11(4,6-2)8-14-10(13)9(3)7-12/h3,5-6,8H2,1-2,4H3. The van der Waals surface area contributed by atoms with E-state index in [1.54, 1.807) is 6.07 Å². The summed E-state index contributed by atoms with van der Waals surface area (Å²) in [7, 11) is 0. The van der Waals surface area contributed by atoms with Crippen LogP contribution >= 0.6 is 0 Å². The van der Waals surface area contributed by atoms with Crippen LogP contribution in [0.5, 0.6) is 0 Å². The fourth-order valence-corrected chi connectivity index (χ4v) is 0.827. The molecule has 0 heterocycles. The van der Waals surface area contributed by atoms with Gasteiger partial charge in [0.05, 0.1) is 6.61 Å². The number of ether oxygens (including phenoxy) is 1. The Labute approximate surface area is 85.4 Å². The molecule has 0 aliphatic carbocycles. The van der Waals surface area contributed by atoms with E-state index in [0.717, 1.165) is 12.8 Å². The monoisotopic (exact) mass is 195 g/mol. The van der Waals surface area contributed by atoms with E-state index in [1.165, 1.54) is 0 Å². The summed E-state index contributed by atoms with van der Waals surface area (Å²) in [6.07, 6.45) is 1.88. The van der Waals surface area contributed by atoms with Crippen molar-refractivity contribution in [2.24, 2.45) is 5.41 Å². The van der Waals surface area contributed by atoms with E-state index in [2.05, 4.69) is 27.4 Å². The molecule has 14 heavy (non-hydrogen) atoms. The summed E-state index contributed by atoms with van der Waals surface area (Å²) in [5.41, 5.74) is -0.134. The first-order valence-electron chi connectivity index (χ1n) is 4.75. The molecule has 0 aromatic rings. The molecule has 0 aliphatic heterocycles. The Morgan fingerprint density at radius 1 is 1.50 bits per heavy atom. The van der Waals surface area contributed by atoms with Gasteiger partial charge in [0.1, 0.15) is 11.6 Å². The van der Waals surface area contributed by atoms with E-state index < -0.39 is 5.97 Å². The molecule has 0 spiro atoms. The third kappa shape index (κ3) is 3.61. The van der Waals surface area contributed by atoms with Gasteiger partial charge >= 0.3 is 5.97 Å². The smallest absolute Gasteiger partial charge is 0.348 e. The maximum Gasteiger partial charge on any atom is 0.348 e. The minimum atomic E-state index is -0.611. The highest BCUT2D eigenvalue weighted by Crippen LogP contribution is 2.25. The average molecular weight is 195 g/mol. The predicted molar refractivity (Wildman–Crippen MR) is 54.4 cm³/mol. The number of hydrogen-bond donors (Lipinski definition) is 0. The van der Waals surface area contributed by atoms with E-state index in [9.17, 15) is 4.79 Å². The molecule has 0 rings (SSSR count). The maximum atomic E-state index is 11.1. The van der Waals surface area contributed by atoms with Crippen LogP contribution < -0.4 is 0 Å². The molecule has 0 N–H and O–H groups in total. The summed E-state index contributed by atoms with van der Waals surface area (Å²) in [5.74, 6) is -0.611. The van der Waals surface area contributed by atoms with Gasteiger partial charge in [0.2, 0.25) is 0 Å². The number of carbonyl (C=O) groups excluding carboxylic acids is 1. The van der Waals surface area contributed by atoms with E-state index in [0.29, 0.717) is 6.61 Å². The lowest BCUT2D eigenvalue weighted by atomic mass is 9.86. The highest BCUT2D eigenvalue weighted by Gasteiger charge is 2.22. The molecule has 3 heteroatoms. The number of hydrogen-bond acceptors (Lipinski definition) is 3. The Morgan fingerprint density at radius 2 is 2.00 bits per heavy atom. The van der Waals surface area contributed by atoms with Crippen LogP contribution in [0, 0.1) is 16.7 Å². The number of esters is 1. The van der Waals surface area contributed by atoms with Gasteiger partial charge in [-0.05, 0) is 12.8 Å². The summed E-state index contributed by atoms with van der Waals surface area (Å²) in [4.78, 5) is 11.1. The van der Waals surface area contributed by atoms with Crippen LogP contribution in [0.3, 0.4) is 0 Å². The molecule has 0 bridgehead atoms. The quantitative estimate of drug-likeness (QED) is 0.384. The van der Waals surface area contributed by atoms with Crippen molar-refractivity contribution >= 4 is 5.97 Å². The zero-order valence-corrected chi connectivity index (χ0v) is 9.09. The molecule has 78 valence electrons. The molecule has 0 amide bonds. The minimum Gasteiger partial charge on any atom is -0.461 e. The summed E-state index contributed by atoms with van der Waals surface area (Å²) in [6, 6.07) is 1.67. The normalized spacial score (nSPS) is 10.4. The van der Waals surface area contributed by atoms with Gasteiger partial charge in [-0.25, -0.2) is 4.79 Å². The molecule has 3 nitrogen and oxygen atoms in total. The summed E-state index contributed by atoms with van der Waals surface area (Å²) in [5, 5.41) is 8.40. The molecule has 0 saturated heterocycles. The van der Waals surface area contributed by atoms with Crippen LogP contribution in [0.1, 0.15) is 33.6 Å². The lowest BCUT2D eigenvalue weighted by Gasteiger charge is -2.25. The molecule has 0 atom stereocenters. The number of carbonyl (C=O) groups is 1. The molecular formula is C11H17NO2. The largest absolute Gasteiger partial charge is 0.461 e. The van der Waals surface area contributed by atoms with Gasteiger partial charge in [-0.2, -0.15) is 5.26 Å². The summed E-state index contributed by atoms with van der Waals surface area (Å²) < 4.78 is 4.98. The third-order valence-electron chi connectivity index (χ3n) is 2.64. The van der Waals surface area contributed by atoms with Crippen molar-refractivity contribution < 1.29 is 9.53 Å². The second-order valence-electron chi connectivity index (χ2n) is 3.68. The van der Waals surface area contributed by atoms with Crippen molar-refractivity contribution in [1.82, 2.24) is 0 Å². The van der Waals surface area contributed by atoms with E-state index in [-0.39, 0.29) is 11.0 Å². The van der Waals surface area contributed by atoms with Gasteiger partial charge < -0.3 is 4.74 Å². The number of nitriles is 1. The van der Waals surface area contributed by atoms with Gasteiger partial charge in [-0.1, -0.05) is 27.4 Å². The van der Waals surface area contributed by atoms with E-state index in [4.69, 9.17) is 10.00 Å². The lowest BCUT2D eigenvalue weighted by molar-refractivity contribution is -0.141. The van der Waals surface area contributed by atoms with Gasteiger partial charge in [0, 0.05) is 5.41 Å². The Bertz CT molecular complexity index is 259. The maximum absolute atomic E-state index is 11.1. The first-order valence-corrected chi connectivity index (χ1v) is 4.75. The van der Waals surface area contributed by atoms with Crippen LogP contribution in [0.2, 0.25) is 0 Å². The van der Waals surface area contributed by atoms with Crippen molar-refractivity contribution in [2.75, 3.05) is 6.61 Å². The number of rotatable bonds is 5. The van der Waals surface area contributed by atoms with Crippen LogP contribution in [0.25, 0.3) is 0 Å². The molecule has 0 saturated carbocycles. The zero-order chi connectivity index (χ0) is 11.2. The topological polar surface area (TPSA) is 50.1 Å². The highest BCUT2D eigenvalue weighted by molar-refractivity contribution is 5.91. The zero-order valence-electron chi connectivity index (χ0n) is 9.09. The third-order valence-corrected chi connectivity index (χ3v) is 2.64. The average Bonchev–Trinajstić information content (AvgIpc) is 2.24. The van der Waals surface area contributed by atoms with Crippen molar-refractivity contribution in [3.63, 3.8) is 0 Å². The Morgan fingerprint density at radius 3 is 2.36 bits per heavy atom. The summed E-state index contributed by atoms with van der Waals surface area (Å²) >= 11 is 0. The van der Waals surface area contributed by atoms with E-state index >= 15 is 0 Å². The number of nitrogens with zero attached hydrogens (tertiary/aromatic N) is 1. The van der Waals surface area contributed by atoms with Crippen molar-refractivity contribution in [2.45, 2.75) is 33.6 Å². The second kappa shape index (κ2) is 5.43. The highest BCUT2D eigenvalue weighted by atomic mass is 16.5. The fourth-order valence-electron chi connectivity index (χ4n) is 0.827. The predicted octanol–water partition coefficient (Wildman–Crippen LogP) is 2.44. The Hall–Kier alpha value is -1.30. The minimum absolute atomic E-state index is 0.00535. The van der Waals surface area contributed by atoms with Crippen molar-refractivity contribution in [3.05, 3.63) is 12.2 Å². The first-order chi connectivity index (χ1) is 6.49. The molecule has 0 radical (unpaired) electrons. The van der Waals surface area contributed by atoms with Crippen LogP contribution in [-0.4, -0.2) is 12.6 Å². The fraction of sp³-hybridized carbons (Fsp3) is 0.636. The van der Waals surface area contributed by atoms with Crippen LogP contribution in [-0.2, 0) is 9.53 Å². The van der Waals surface area contributed by atoms with Gasteiger partial charge in [0.25, 0.3) is 0 Å². The summed E-state index contributed by atoms with van der Waals surface area (Å²) in [6.45, 7) is 9.79. The van der Waals surface area contributed by atoms with E-state index in [1.807, 2.05) is 0 Å². The van der Waals surface area contributed by atoms with Crippen molar-refractivity contribution in [3.8, 4) is 6.07 Å². The Balaban J connectivity index is 4.13. The van der Waals surface area contributed by atoms with Gasteiger partial charge in [-0.15, -0.1) is 0 Å². The molecule has 0 aromatic heterocycles. The molecule has 0 fully saturated rings. The second-order valence-corrected chi connectivity index (χ2v) is 3.68. The van der Waals surface area contributed by atoms with Crippen LogP contribution in [0.4, 0.5) is 0 Å². The lowest BCUT2D eigenvalue weighted by Crippen LogP contribution is -2.24. The molecule has 0 unspecified atom stereocenters. The molecule has 0 aromatic carbocycles.